The van der Waals surface area contributed by atoms with Gasteiger partial charge in [0.1, 0.15) is 0 Å². The Balaban J connectivity index is 2.92. The van der Waals surface area contributed by atoms with Crippen molar-refractivity contribution in [1.82, 2.24) is 4.72 Å². The van der Waals surface area contributed by atoms with E-state index in [-0.39, 0.29) is 10.8 Å². The van der Waals surface area contributed by atoms with Crippen molar-refractivity contribution >= 4 is 10.0 Å². The Hall–Kier alpha value is -1.42. The predicted molar refractivity (Wildman–Crippen MR) is 72.1 cm³/mol. The van der Waals surface area contributed by atoms with Crippen molar-refractivity contribution in [1.29, 1.82) is 5.26 Å². The van der Waals surface area contributed by atoms with Crippen LogP contribution in [0.15, 0.2) is 23.1 Å². The summed E-state index contributed by atoms with van der Waals surface area (Å²) in [7, 11) is -2.02. The highest BCUT2D eigenvalue weighted by molar-refractivity contribution is 7.89. The zero-order chi connectivity index (χ0) is 14.5. The van der Waals surface area contributed by atoms with Crippen LogP contribution in [0.3, 0.4) is 0 Å². The van der Waals surface area contributed by atoms with Crippen molar-refractivity contribution in [3.8, 4) is 6.07 Å². The monoisotopic (exact) mass is 282 g/mol. The highest BCUT2D eigenvalue weighted by Gasteiger charge is 2.18. The third kappa shape index (κ3) is 4.31. The van der Waals surface area contributed by atoms with Crippen molar-refractivity contribution in [2.24, 2.45) is 5.92 Å². The SMILES string of the molecule is COCC(C)CNS(=O)(=O)c1cc(C#N)ccc1C. The van der Waals surface area contributed by atoms with Gasteiger partial charge in [0.05, 0.1) is 16.5 Å². The molecule has 104 valence electrons. The standard InChI is InChI=1S/C13H18N2O3S/c1-10(9-18-3)8-15-19(16,17)13-6-12(7-14)5-4-11(13)2/h4-6,10,15H,8-9H2,1-3H3. The van der Waals surface area contributed by atoms with Gasteiger partial charge in [-0.25, -0.2) is 13.1 Å². The zero-order valence-corrected chi connectivity index (χ0v) is 12.1. The van der Waals surface area contributed by atoms with E-state index in [2.05, 4.69) is 4.72 Å². The van der Waals surface area contributed by atoms with E-state index in [4.69, 9.17) is 10.00 Å². The van der Waals surface area contributed by atoms with E-state index in [0.29, 0.717) is 24.3 Å². The second kappa shape index (κ2) is 6.66. The largest absolute Gasteiger partial charge is 0.384 e. The summed E-state index contributed by atoms with van der Waals surface area (Å²) in [5.74, 6) is 0.0826. The highest BCUT2D eigenvalue weighted by atomic mass is 32.2. The number of hydrogen-bond donors (Lipinski definition) is 1. The quantitative estimate of drug-likeness (QED) is 0.856. The first-order valence-corrected chi connectivity index (χ1v) is 7.38. The molecule has 1 atom stereocenters. The van der Waals surface area contributed by atoms with Crippen LogP contribution >= 0.6 is 0 Å². The lowest BCUT2D eigenvalue weighted by atomic mass is 10.2. The van der Waals surface area contributed by atoms with E-state index in [1.807, 2.05) is 13.0 Å². The smallest absolute Gasteiger partial charge is 0.240 e. The molecule has 0 spiro atoms. The maximum Gasteiger partial charge on any atom is 0.240 e. The number of methoxy groups -OCH3 is 1. The van der Waals surface area contributed by atoms with Crippen LogP contribution in [0, 0.1) is 24.2 Å². The van der Waals surface area contributed by atoms with Crippen LogP contribution in [0.1, 0.15) is 18.1 Å². The molecule has 0 amide bonds. The van der Waals surface area contributed by atoms with Gasteiger partial charge in [0.15, 0.2) is 0 Å². The summed E-state index contributed by atoms with van der Waals surface area (Å²) in [5, 5.41) is 8.82. The molecule has 0 aromatic heterocycles. The first-order chi connectivity index (χ1) is 8.90. The molecule has 0 radical (unpaired) electrons. The van der Waals surface area contributed by atoms with Crippen LogP contribution in [0.25, 0.3) is 0 Å². The lowest BCUT2D eigenvalue weighted by molar-refractivity contribution is 0.161. The van der Waals surface area contributed by atoms with Gasteiger partial charge in [0, 0.05) is 20.3 Å². The molecule has 0 saturated carbocycles. The first kappa shape index (κ1) is 15.6. The lowest BCUT2D eigenvalue weighted by Gasteiger charge is -2.13. The summed E-state index contributed by atoms with van der Waals surface area (Å²) >= 11 is 0. The van der Waals surface area contributed by atoms with Crippen LogP contribution in [-0.2, 0) is 14.8 Å². The van der Waals surface area contributed by atoms with Crippen LogP contribution in [0.4, 0.5) is 0 Å². The van der Waals surface area contributed by atoms with Gasteiger partial charge in [0.2, 0.25) is 10.0 Å². The van der Waals surface area contributed by atoms with Gasteiger partial charge in [-0.15, -0.1) is 0 Å². The van der Waals surface area contributed by atoms with E-state index in [1.165, 1.54) is 6.07 Å². The summed E-state index contributed by atoms with van der Waals surface area (Å²) in [6.45, 7) is 4.38. The van der Waals surface area contributed by atoms with Crippen molar-refractivity contribution in [3.63, 3.8) is 0 Å². The predicted octanol–water partition coefficient (Wildman–Crippen LogP) is 1.43. The topological polar surface area (TPSA) is 79.2 Å². The van der Waals surface area contributed by atoms with Crippen LogP contribution < -0.4 is 4.72 Å². The molecule has 1 unspecified atom stereocenters. The minimum absolute atomic E-state index is 0.0826. The van der Waals surface area contributed by atoms with Crippen LogP contribution in [-0.4, -0.2) is 28.7 Å². The summed E-state index contributed by atoms with van der Waals surface area (Å²) in [6, 6.07) is 6.56. The van der Waals surface area contributed by atoms with Gasteiger partial charge in [-0.3, -0.25) is 0 Å². The van der Waals surface area contributed by atoms with Crippen molar-refractivity contribution in [2.45, 2.75) is 18.7 Å². The number of nitriles is 1. The van der Waals surface area contributed by atoms with E-state index in [0.717, 1.165) is 0 Å². The number of sulfonamides is 1. The summed E-state index contributed by atoms with van der Waals surface area (Å²) in [5.41, 5.74) is 0.946. The number of benzene rings is 1. The Bertz CT molecular complexity index is 576. The molecule has 0 aliphatic carbocycles. The number of aryl methyl sites for hydroxylation is 1. The fraction of sp³-hybridized carbons (Fsp3) is 0.462. The third-order valence-electron chi connectivity index (χ3n) is 2.68. The van der Waals surface area contributed by atoms with E-state index in [1.54, 1.807) is 26.2 Å². The minimum Gasteiger partial charge on any atom is -0.384 e. The maximum atomic E-state index is 12.2. The molecular formula is C13H18N2O3S. The van der Waals surface area contributed by atoms with Gasteiger partial charge in [-0.1, -0.05) is 13.0 Å². The summed E-state index contributed by atoms with van der Waals surface area (Å²) in [6.07, 6.45) is 0. The second-order valence-corrected chi connectivity index (χ2v) is 6.24. The molecule has 6 heteroatoms. The molecule has 0 aliphatic heterocycles. The van der Waals surface area contributed by atoms with Gasteiger partial charge < -0.3 is 4.74 Å². The molecule has 1 rings (SSSR count). The number of nitrogens with one attached hydrogen (secondary N) is 1. The Kier molecular flexibility index (Phi) is 5.48. The van der Waals surface area contributed by atoms with E-state index >= 15 is 0 Å². The molecular weight excluding hydrogens is 264 g/mol. The van der Waals surface area contributed by atoms with E-state index in [9.17, 15) is 8.42 Å². The van der Waals surface area contributed by atoms with E-state index < -0.39 is 10.0 Å². The molecule has 0 heterocycles. The molecule has 1 aromatic rings. The third-order valence-corrected chi connectivity index (χ3v) is 4.25. The lowest BCUT2D eigenvalue weighted by Crippen LogP contribution is -2.30. The van der Waals surface area contributed by atoms with Crippen molar-refractivity contribution < 1.29 is 13.2 Å². The van der Waals surface area contributed by atoms with Gasteiger partial charge >= 0.3 is 0 Å². The van der Waals surface area contributed by atoms with Crippen molar-refractivity contribution in [3.05, 3.63) is 29.3 Å². The fourth-order valence-corrected chi connectivity index (χ4v) is 3.07. The molecule has 1 N–H and O–H groups in total. The highest BCUT2D eigenvalue weighted by Crippen LogP contribution is 2.16. The number of ether oxygens (including phenoxy) is 1. The Labute approximate surface area is 114 Å². The molecule has 0 saturated heterocycles. The maximum absolute atomic E-state index is 12.2. The normalized spacial score (nSPS) is 12.9. The first-order valence-electron chi connectivity index (χ1n) is 5.90. The van der Waals surface area contributed by atoms with Gasteiger partial charge in [0.25, 0.3) is 0 Å². The Morgan fingerprint density at radius 2 is 2.16 bits per heavy atom. The molecule has 0 bridgehead atoms. The molecule has 19 heavy (non-hydrogen) atoms. The second-order valence-electron chi connectivity index (χ2n) is 4.50. The van der Waals surface area contributed by atoms with Crippen LogP contribution in [0.5, 0.6) is 0 Å². The number of rotatable bonds is 6. The summed E-state index contributed by atoms with van der Waals surface area (Å²) < 4.78 is 31.8. The average molecular weight is 282 g/mol. The average Bonchev–Trinajstić information content (AvgIpc) is 2.37. The zero-order valence-electron chi connectivity index (χ0n) is 11.3. The molecule has 1 aromatic carbocycles. The van der Waals surface area contributed by atoms with Crippen molar-refractivity contribution in [2.75, 3.05) is 20.3 Å². The fourth-order valence-electron chi connectivity index (χ4n) is 1.63. The molecule has 0 aliphatic rings. The summed E-state index contributed by atoms with van der Waals surface area (Å²) in [4.78, 5) is 0.149. The molecule has 5 nitrogen and oxygen atoms in total. The molecule has 0 fully saturated rings. The number of nitrogens with zero attached hydrogens (tertiary/aromatic N) is 1. The Morgan fingerprint density at radius 1 is 1.47 bits per heavy atom. The van der Waals surface area contributed by atoms with Crippen LogP contribution in [0.2, 0.25) is 0 Å². The Morgan fingerprint density at radius 3 is 2.74 bits per heavy atom. The van der Waals surface area contributed by atoms with Gasteiger partial charge in [-0.2, -0.15) is 5.26 Å². The minimum atomic E-state index is -3.59. The van der Waals surface area contributed by atoms with Gasteiger partial charge in [-0.05, 0) is 30.5 Å². The number of hydrogen-bond acceptors (Lipinski definition) is 4.